The molecule has 1 aliphatic carbocycles. The van der Waals surface area contributed by atoms with E-state index in [0.29, 0.717) is 5.88 Å². The van der Waals surface area contributed by atoms with Gasteiger partial charge in [0, 0.05) is 38.3 Å². The van der Waals surface area contributed by atoms with Crippen LogP contribution in [-0.4, -0.2) is 54.4 Å². The van der Waals surface area contributed by atoms with Crippen LogP contribution in [0.3, 0.4) is 0 Å². The van der Waals surface area contributed by atoms with Crippen molar-refractivity contribution >= 4 is 11.4 Å². The van der Waals surface area contributed by atoms with Crippen LogP contribution < -0.4 is 4.74 Å². The molecule has 0 aromatic carbocycles. The van der Waals surface area contributed by atoms with E-state index in [1.54, 1.807) is 26.5 Å². The second-order valence-electron chi connectivity index (χ2n) is 7.21. The summed E-state index contributed by atoms with van der Waals surface area (Å²) >= 11 is 0. The van der Waals surface area contributed by atoms with Crippen molar-refractivity contribution in [2.24, 2.45) is 7.05 Å². The molecule has 8 nitrogen and oxygen atoms in total. The van der Waals surface area contributed by atoms with Gasteiger partial charge in [-0.15, -0.1) is 0 Å². The lowest BCUT2D eigenvalue weighted by Gasteiger charge is -2.34. The van der Waals surface area contributed by atoms with Gasteiger partial charge in [0.15, 0.2) is 0 Å². The predicted octanol–water partition coefficient (Wildman–Crippen LogP) is 2.46. The van der Waals surface area contributed by atoms with Gasteiger partial charge in [0.25, 0.3) is 0 Å². The highest BCUT2D eigenvalue weighted by Crippen LogP contribution is 2.29. The highest BCUT2D eigenvalue weighted by atomic mass is 16.5. The standard InChI is InChI=1S/C20H24N6O2/c1-4-19(27)25(3)15-6-5-7-16(10-15)28-20-18-8-9-21-26(18)13-17(23-20)14-11-22-24(2)12-14/h4,8-9,11-13,15-16H,1,5-7,10H2,2-3H3/t15-,16+/m0/s1. The van der Waals surface area contributed by atoms with Gasteiger partial charge in [0.2, 0.25) is 11.8 Å². The molecule has 28 heavy (non-hydrogen) atoms. The summed E-state index contributed by atoms with van der Waals surface area (Å²) in [6.45, 7) is 3.58. The number of carbonyl (C=O) groups is 1. The van der Waals surface area contributed by atoms with Gasteiger partial charge < -0.3 is 9.64 Å². The summed E-state index contributed by atoms with van der Waals surface area (Å²) in [6, 6.07) is 2.04. The largest absolute Gasteiger partial charge is 0.473 e. The zero-order valence-corrected chi connectivity index (χ0v) is 16.2. The van der Waals surface area contributed by atoms with Gasteiger partial charge >= 0.3 is 0 Å². The SMILES string of the molecule is C=CC(=O)N(C)[C@H]1CCC[C@@H](Oc2nc(-c3cnn(C)c3)cn3nccc23)C1. The van der Waals surface area contributed by atoms with Crippen LogP contribution >= 0.6 is 0 Å². The topological polar surface area (TPSA) is 77.6 Å². The molecule has 4 rings (SSSR count). The van der Waals surface area contributed by atoms with Gasteiger partial charge in [-0.1, -0.05) is 6.58 Å². The summed E-state index contributed by atoms with van der Waals surface area (Å²) in [6.07, 6.45) is 12.3. The minimum absolute atomic E-state index is 0.00540. The minimum Gasteiger partial charge on any atom is -0.473 e. The van der Waals surface area contributed by atoms with Gasteiger partial charge in [-0.25, -0.2) is 9.50 Å². The number of amides is 1. The van der Waals surface area contributed by atoms with Gasteiger partial charge in [0.05, 0.1) is 24.3 Å². The Bertz CT molecular complexity index is 1010. The number of fused-ring (bicyclic) bond motifs is 1. The van der Waals surface area contributed by atoms with Crippen LogP contribution in [0.1, 0.15) is 25.7 Å². The Labute approximate surface area is 163 Å². The number of ether oxygens (including phenoxy) is 1. The van der Waals surface area contributed by atoms with Crippen molar-refractivity contribution in [1.29, 1.82) is 0 Å². The second-order valence-corrected chi connectivity index (χ2v) is 7.21. The third kappa shape index (κ3) is 3.49. The molecule has 1 aliphatic rings. The third-order valence-electron chi connectivity index (χ3n) is 5.30. The zero-order valence-electron chi connectivity index (χ0n) is 16.2. The molecule has 3 aromatic rings. The molecule has 1 fully saturated rings. The lowest BCUT2D eigenvalue weighted by Crippen LogP contribution is -2.42. The molecule has 2 atom stereocenters. The van der Waals surface area contributed by atoms with E-state index in [4.69, 9.17) is 9.72 Å². The average Bonchev–Trinajstić information content (AvgIpc) is 3.36. The molecule has 0 saturated heterocycles. The average molecular weight is 380 g/mol. The molecule has 3 heterocycles. The fourth-order valence-corrected chi connectivity index (χ4v) is 3.74. The number of nitrogens with zero attached hydrogens (tertiary/aromatic N) is 6. The Kier molecular flexibility index (Phi) is 4.85. The minimum atomic E-state index is -0.0551. The Morgan fingerprint density at radius 2 is 2.21 bits per heavy atom. The molecule has 3 aromatic heterocycles. The Morgan fingerprint density at radius 3 is 2.96 bits per heavy atom. The number of hydrogen-bond donors (Lipinski definition) is 0. The molecule has 0 unspecified atom stereocenters. The molecule has 0 aliphatic heterocycles. The lowest BCUT2D eigenvalue weighted by atomic mass is 9.92. The summed E-state index contributed by atoms with van der Waals surface area (Å²) in [7, 11) is 3.70. The molecular formula is C20H24N6O2. The molecule has 0 spiro atoms. The number of carbonyl (C=O) groups excluding carboxylic acids is 1. The Morgan fingerprint density at radius 1 is 1.36 bits per heavy atom. The molecular weight excluding hydrogens is 356 g/mol. The normalized spacial score (nSPS) is 19.5. The molecule has 1 saturated carbocycles. The van der Waals surface area contributed by atoms with Gasteiger partial charge in [-0.3, -0.25) is 9.48 Å². The van der Waals surface area contributed by atoms with Crippen LogP contribution in [0.5, 0.6) is 5.88 Å². The summed E-state index contributed by atoms with van der Waals surface area (Å²) in [5.74, 6) is 0.503. The van der Waals surface area contributed by atoms with Crippen LogP contribution in [0, 0.1) is 0 Å². The highest BCUT2D eigenvalue weighted by molar-refractivity contribution is 5.87. The summed E-state index contributed by atoms with van der Waals surface area (Å²) in [5.41, 5.74) is 2.48. The first-order valence-corrected chi connectivity index (χ1v) is 9.44. The maximum absolute atomic E-state index is 12.0. The van der Waals surface area contributed by atoms with Crippen LogP contribution in [0.25, 0.3) is 16.8 Å². The van der Waals surface area contributed by atoms with E-state index in [0.717, 1.165) is 42.5 Å². The van der Waals surface area contributed by atoms with E-state index >= 15 is 0 Å². The van der Waals surface area contributed by atoms with E-state index in [1.807, 2.05) is 32.6 Å². The van der Waals surface area contributed by atoms with Crippen molar-refractivity contribution < 1.29 is 9.53 Å². The molecule has 8 heteroatoms. The van der Waals surface area contributed by atoms with Crippen molar-refractivity contribution in [2.45, 2.75) is 37.8 Å². The van der Waals surface area contributed by atoms with Crippen LogP contribution in [0.2, 0.25) is 0 Å². The molecule has 1 amide bonds. The smallest absolute Gasteiger partial charge is 0.245 e. The highest BCUT2D eigenvalue weighted by Gasteiger charge is 2.28. The third-order valence-corrected chi connectivity index (χ3v) is 5.30. The number of hydrogen-bond acceptors (Lipinski definition) is 5. The van der Waals surface area contributed by atoms with Crippen molar-refractivity contribution in [2.75, 3.05) is 7.05 Å². The van der Waals surface area contributed by atoms with Crippen molar-refractivity contribution in [3.8, 4) is 17.1 Å². The second kappa shape index (κ2) is 7.46. The lowest BCUT2D eigenvalue weighted by molar-refractivity contribution is -0.127. The molecule has 0 radical (unpaired) electrons. The maximum Gasteiger partial charge on any atom is 0.245 e. The molecule has 0 bridgehead atoms. The van der Waals surface area contributed by atoms with Gasteiger partial charge in [-0.05, 0) is 31.4 Å². The number of rotatable bonds is 5. The first-order valence-electron chi connectivity index (χ1n) is 9.44. The quantitative estimate of drug-likeness (QED) is 0.636. The Hall–Kier alpha value is -3.16. The van der Waals surface area contributed by atoms with Gasteiger partial charge in [-0.2, -0.15) is 10.2 Å². The number of likely N-dealkylation sites (N-methyl/N-ethyl adjacent to an activating group) is 1. The zero-order chi connectivity index (χ0) is 19.7. The van der Waals surface area contributed by atoms with E-state index in [1.165, 1.54) is 6.08 Å². The van der Waals surface area contributed by atoms with Crippen molar-refractivity contribution in [3.63, 3.8) is 0 Å². The van der Waals surface area contributed by atoms with E-state index in [-0.39, 0.29) is 18.1 Å². The van der Waals surface area contributed by atoms with Crippen LogP contribution in [0.15, 0.2) is 43.5 Å². The summed E-state index contributed by atoms with van der Waals surface area (Å²) in [5, 5.41) is 8.57. The van der Waals surface area contributed by atoms with Gasteiger partial charge in [0.1, 0.15) is 11.6 Å². The van der Waals surface area contributed by atoms with Crippen molar-refractivity contribution in [1.82, 2.24) is 29.3 Å². The first-order chi connectivity index (χ1) is 13.5. The van der Waals surface area contributed by atoms with Crippen LogP contribution in [-0.2, 0) is 11.8 Å². The monoisotopic (exact) mass is 380 g/mol. The van der Waals surface area contributed by atoms with E-state index in [9.17, 15) is 4.79 Å². The summed E-state index contributed by atoms with van der Waals surface area (Å²) < 4.78 is 9.84. The number of aryl methyl sites for hydroxylation is 1. The summed E-state index contributed by atoms with van der Waals surface area (Å²) in [4.78, 5) is 18.5. The van der Waals surface area contributed by atoms with Crippen LogP contribution in [0.4, 0.5) is 0 Å². The first kappa shape index (κ1) is 18.2. The number of aromatic nitrogens is 5. The van der Waals surface area contributed by atoms with Crippen molar-refractivity contribution in [3.05, 3.63) is 43.5 Å². The fourth-order valence-electron chi connectivity index (χ4n) is 3.74. The maximum atomic E-state index is 12.0. The predicted molar refractivity (Wildman–Crippen MR) is 105 cm³/mol. The fraction of sp³-hybridized carbons (Fsp3) is 0.400. The Balaban J connectivity index is 1.59. The van der Waals surface area contributed by atoms with E-state index < -0.39 is 0 Å². The molecule has 0 N–H and O–H groups in total. The van der Waals surface area contributed by atoms with E-state index in [2.05, 4.69) is 16.8 Å². The molecule has 146 valence electrons.